The monoisotopic (exact) mass is 215 g/mol. The fourth-order valence-electron chi connectivity index (χ4n) is 0.506. The Balaban J connectivity index is 0. The Kier molecular flexibility index (Phi) is 11.6. The molecule has 0 aliphatic heterocycles. The fraction of sp³-hybridized carbons (Fsp3) is 1.00. The molecule has 0 radical (unpaired) electrons. The molecule has 0 aromatic carbocycles. The summed E-state index contributed by atoms with van der Waals surface area (Å²) in [5, 5.41) is 11.4. The molecule has 4 N–H and O–H groups in total. The van der Waals surface area contributed by atoms with Gasteiger partial charge in [0, 0.05) is 6.54 Å². The second kappa shape index (κ2) is 9.87. The summed E-state index contributed by atoms with van der Waals surface area (Å²) in [6.45, 7) is 4.18. The molecule has 82 valence electrons. The summed E-state index contributed by atoms with van der Waals surface area (Å²) >= 11 is 0. The SMILES string of the molecule is CCCCNCCO.O=S(=O)(O)O. The van der Waals surface area contributed by atoms with Crippen LogP contribution in [0.15, 0.2) is 0 Å². The molecule has 0 saturated carbocycles. The van der Waals surface area contributed by atoms with Crippen LogP contribution in [-0.2, 0) is 10.4 Å². The van der Waals surface area contributed by atoms with Crippen LogP contribution in [-0.4, -0.2) is 42.3 Å². The third-order valence-corrected chi connectivity index (χ3v) is 0.996. The van der Waals surface area contributed by atoms with Gasteiger partial charge in [-0.25, -0.2) is 0 Å². The molecule has 0 saturated heterocycles. The topological polar surface area (TPSA) is 107 Å². The first-order valence-electron chi connectivity index (χ1n) is 3.93. The van der Waals surface area contributed by atoms with Gasteiger partial charge in [0.15, 0.2) is 0 Å². The maximum absolute atomic E-state index is 8.74. The van der Waals surface area contributed by atoms with E-state index in [9.17, 15) is 0 Å². The van der Waals surface area contributed by atoms with Crippen LogP contribution in [0.4, 0.5) is 0 Å². The van der Waals surface area contributed by atoms with E-state index >= 15 is 0 Å². The Morgan fingerprint density at radius 3 is 2.00 bits per heavy atom. The highest BCUT2D eigenvalue weighted by Crippen LogP contribution is 1.80. The van der Waals surface area contributed by atoms with E-state index in [1.165, 1.54) is 12.8 Å². The van der Waals surface area contributed by atoms with Crippen LogP contribution < -0.4 is 5.32 Å². The third kappa shape index (κ3) is 49.3. The van der Waals surface area contributed by atoms with Gasteiger partial charge in [0.2, 0.25) is 0 Å². The highest BCUT2D eigenvalue weighted by atomic mass is 32.3. The first-order valence-corrected chi connectivity index (χ1v) is 5.33. The zero-order valence-corrected chi connectivity index (χ0v) is 8.42. The molecule has 0 aliphatic rings. The summed E-state index contributed by atoms with van der Waals surface area (Å²) in [6.07, 6.45) is 2.43. The van der Waals surface area contributed by atoms with E-state index in [0.717, 1.165) is 13.1 Å². The van der Waals surface area contributed by atoms with Gasteiger partial charge >= 0.3 is 10.4 Å². The van der Waals surface area contributed by atoms with Gasteiger partial charge in [-0.2, -0.15) is 8.42 Å². The van der Waals surface area contributed by atoms with Gasteiger partial charge in [-0.05, 0) is 13.0 Å². The van der Waals surface area contributed by atoms with Crippen molar-refractivity contribution in [3.05, 3.63) is 0 Å². The maximum atomic E-state index is 8.74. The predicted molar refractivity (Wildman–Crippen MR) is 49.0 cm³/mol. The first-order chi connectivity index (χ1) is 5.91. The average molecular weight is 215 g/mol. The molecular weight excluding hydrogens is 198 g/mol. The van der Waals surface area contributed by atoms with Crippen LogP contribution in [0, 0.1) is 0 Å². The Morgan fingerprint density at radius 1 is 1.23 bits per heavy atom. The van der Waals surface area contributed by atoms with Crippen molar-refractivity contribution >= 4 is 10.4 Å². The molecule has 0 amide bonds. The van der Waals surface area contributed by atoms with E-state index < -0.39 is 10.4 Å². The van der Waals surface area contributed by atoms with E-state index in [-0.39, 0.29) is 6.61 Å². The number of aliphatic hydroxyl groups excluding tert-OH is 1. The molecule has 0 unspecified atom stereocenters. The minimum Gasteiger partial charge on any atom is -0.395 e. The van der Waals surface area contributed by atoms with E-state index in [1.54, 1.807) is 0 Å². The summed E-state index contributed by atoms with van der Waals surface area (Å²) in [5.74, 6) is 0. The van der Waals surface area contributed by atoms with E-state index in [0.29, 0.717) is 0 Å². The van der Waals surface area contributed by atoms with Crippen LogP contribution in [0.2, 0.25) is 0 Å². The van der Waals surface area contributed by atoms with Gasteiger partial charge in [-0.1, -0.05) is 13.3 Å². The molecule has 0 fully saturated rings. The van der Waals surface area contributed by atoms with Crippen molar-refractivity contribution in [1.29, 1.82) is 0 Å². The Bertz CT molecular complexity index is 165. The van der Waals surface area contributed by atoms with Gasteiger partial charge in [-0.15, -0.1) is 0 Å². The summed E-state index contributed by atoms with van der Waals surface area (Å²) in [6, 6.07) is 0. The van der Waals surface area contributed by atoms with Gasteiger partial charge in [-0.3, -0.25) is 9.11 Å². The van der Waals surface area contributed by atoms with Crippen molar-refractivity contribution in [3.8, 4) is 0 Å². The molecule has 0 aromatic heterocycles. The van der Waals surface area contributed by atoms with Crippen molar-refractivity contribution < 1.29 is 22.6 Å². The lowest BCUT2D eigenvalue weighted by atomic mass is 10.3. The fourth-order valence-corrected chi connectivity index (χ4v) is 0.506. The molecule has 0 spiro atoms. The number of unbranched alkanes of at least 4 members (excludes halogenated alkanes) is 1. The first kappa shape index (κ1) is 15.3. The minimum absolute atomic E-state index is 0.254. The summed E-state index contributed by atoms with van der Waals surface area (Å²) in [4.78, 5) is 0. The molecule has 0 aromatic rings. The molecule has 0 bridgehead atoms. The highest BCUT2D eigenvalue weighted by Gasteiger charge is 1.84. The second-order valence-corrected chi connectivity index (χ2v) is 3.17. The quantitative estimate of drug-likeness (QED) is 0.371. The summed E-state index contributed by atoms with van der Waals surface area (Å²) in [7, 11) is -4.67. The number of hydrogen-bond acceptors (Lipinski definition) is 4. The smallest absolute Gasteiger partial charge is 0.394 e. The lowest BCUT2D eigenvalue weighted by molar-refractivity contribution is 0.292. The van der Waals surface area contributed by atoms with Gasteiger partial charge in [0.1, 0.15) is 0 Å². The third-order valence-electron chi connectivity index (χ3n) is 0.996. The van der Waals surface area contributed by atoms with E-state index in [1.807, 2.05) is 0 Å². The molecular formula is C6H17NO5S. The Hall–Kier alpha value is -0.210. The molecule has 0 atom stereocenters. The summed E-state index contributed by atoms with van der Waals surface area (Å²) in [5.41, 5.74) is 0. The number of hydrogen-bond donors (Lipinski definition) is 4. The molecule has 7 heteroatoms. The largest absolute Gasteiger partial charge is 0.395 e. The van der Waals surface area contributed by atoms with Crippen LogP contribution in [0.1, 0.15) is 19.8 Å². The molecule has 0 heterocycles. The van der Waals surface area contributed by atoms with Crippen LogP contribution in [0.3, 0.4) is 0 Å². The molecule has 0 aliphatic carbocycles. The van der Waals surface area contributed by atoms with Gasteiger partial charge in [0.05, 0.1) is 6.61 Å². The zero-order valence-electron chi connectivity index (χ0n) is 7.60. The lowest BCUT2D eigenvalue weighted by Crippen LogP contribution is -2.18. The predicted octanol–water partition coefficient (Wildman–Crippen LogP) is -0.284. The van der Waals surface area contributed by atoms with Crippen molar-refractivity contribution in [2.24, 2.45) is 0 Å². The van der Waals surface area contributed by atoms with Gasteiger partial charge in [0.25, 0.3) is 0 Å². The maximum Gasteiger partial charge on any atom is 0.394 e. The molecule has 0 rings (SSSR count). The zero-order chi connectivity index (χ0) is 10.7. The standard InChI is InChI=1S/C6H15NO.H2O4S/c1-2-3-4-7-5-6-8;1-5(2,3)4/h7-8H,2-6H2,1H3;(H2,1,2,3,4). The van der Waals surface area contributed by atoms with Crippen LogP contribution in [0.5, 0.6) is 0 Å². The minimum atomic E-state index is -4.67. The van der Waals surface area contributed by atoms with E-state index in [4.69, 9.17) is 22.6 Å². The average Bonchev–Trinajstić information content (AvgIpc) is 1.95. The van der Waals surface area contributed by atoms with Crippen LogP contribution >= 0.6 is 0 Å². The number of aliphatic hydroxyl groups is 1. The highest BCUT2D eigenvalue weighted by molar-refractivity contribution is 7.79. The van der Waals surface area contributed by atoms with Gasteiger partial charge < -0.3 is 10.4 Å². The van der Waals surface area contributed by atoms with Crippen LogP contribution in [0.25, 0.3) is 0 Å². The Labute approximate surface area is 78.5 Å². The second-order valence-electron chi connectivity index (χ2n) is 2.27. The normalized spacial score (nSPS) is 10.5. The molecule has 13 heavy (non-hydrogen) atoms. The molecule has 6 nitrogen and oxygen atoms in total. The van der Waals surface area contributed by atoms with Crippen molar-refractivity contribution in [2.75, 3.05) is 19.7 Å². The summed E-state index contributed by atoms with van der Waals surface area (Å²) < 4.78 is 31.6. The van der Waals surface area contributed by atoms with Crippen molar-refractivity contribution in [2.45, 2.75) is 19.8 Å². The van der Waals surface area contributed by atoms with Crippen molar-refractivity contribution in [3.63, 3.8) is 0 Å². The number of rotatable bonds is 5. The van der Waals surface area contributed by atoms with E-state index in [2.05, 4.69) is 12.2 Å². The lowest BCUT2D eigenvalue weighted by Gasteiger charge is -1.97. The Morgan fingerprint density at radius 2 is 1.69 bits per heavy atom. The number of nitrogens with one attached hydrogen (secondary N) is 1. The van der Waals surface area contributed by atoms with Crippen molar-refractivity contribution in [1.82, 2.24) is 5.32 Å².